The molecule has 1 aliphatic rings. The van der Waals surface area contributed by atoms with Gasteiger partial charge in [0.25, 0.3) is 0 Å². The SMILES string of the molecule is CC(C)(C)OC(=O)N1C[C@@H](O)C[C@H]1COC(F)F. The lowest BCUT2D eigenvalue weighted by Crippen LogP contribution is -2.42. The molecule has 0 spiro atoms. The molecule has 0 aromatic heterocycles. The third-order valence-corrected chi connectivity index (χ3v) is 2.43. The molecule has 1 saturated heterocycles. The highest BCUT2D eigenvalue weighted by molar-refractivity contribution is 5.69. The highest BCUT2D eigenvalue weighted by Gasteiger charge is 2.37. The Hall–Kier alpha value is -0.950. The molecule has 18 heavy (non-hydrogen) atoms. The van der Waals surface area contributed by atoms with Crippen molar-refractivity contribution in [3.63, 3.8) is 0 Å². The number of alkyl halides is 2. The maximum Gasteiger partial charge on any atom is 0.410 e. The van der Waals surface area contributed by atoms with E-state index in [1.54, 1.807) is 20.8 Å². The van der Waals surface area contributed by atoms with Crippen molar-refractivity contribution >= 4 is 6.09 Å². The van der Waals surface area contributed by atoms with Crippen LogP contribution < -0.4 is 0 Å². The van der Waals surface area contributed by atoms with Gasteiger partial charge in [-0.25, -0.2) is 4.79 Å². The van der Waals surface area contributed by atoms with Crippen molar-refractivity contribution in [2.75, 3.05) is 13.2 Å². The van der Waals surface area contributed by atoms with Crippen LogP contribution in [0.2, 0.25) is 0 Å². The van der Waals surface area contributed by atoms with Gasteiger partial charge in [-0.15, -0.1) is 0 Å². The molecule has 0 radical (unpaired) electrons. The van der Waals surface area contributed by atoms with E-state index in [1.165, 1.54) is 4.90 Å². The number of carbonyl (C=O) groups is 1. The molecular formula is C11H19F2NO4. The fraction of sp³-hybridized carbons (Fsp3) is 0.909. The lowest BCUT2D eigenvalue weighted by molar-refractivity contribution is -0.138. The second-order valence-corrected chi connectivity index (χ2v) is 5.27. The van der Waals surface area contributed by atoms with E-state index in [0.29, 0.717) is 0 Å². The molecule has 0 aromatic carbocycles. The standard InChI is InChI=1S/C11H19F2NO4/c1-11(2,3)18-10(16)14-5-8(15)4-7(14)6-17-9(12)13/h7-9,15H,4-6H2,1-3H3/t7-,8-/m0/s1. The summed E-state index contributed by atoms with van der Waals surface area (Å²) in [6.07, 6.45) is -1.14. The van der Waals surface area contributed by atoms with Crippen molar-refractivity contribution in [1.82, 2.24) is 4.90 Å². The molecule has 2 atom stereocenters. The average Bonchev–Trinajstić information content (AvgIpc) is 2.54. The van der Waals surface area contributed by atoms with E-state index in [0.717, 1.165) is 0 Å². The number of hydrogen-bond donors (Lipinski definition) is 1. The summed E-state index contributed by atoms with van der Waals surface area (Å²) in [7, 11) is 0. The maximum absolute atomic E-state index is 12.0. The van der Waals surface area contributed by atoms with Gasteiger partial charge in [-0.1, -0.05) is 0 Å². The monoisotopic (exact) mass is 267 g/mol. The summed E-state index contributed by atoms with van der Waals surface area (Å²) in [6.45, 7) is 2.01. The molecule has 0 aromatic rings. The highest BCUT2D eigenvalue weighted by Crippen LogP contribution is 2.22. The largest absolute Gasteiger partial charge is 0.444 e. The number of aliphatic hydroxyl groups is 1. The predicted molar refractivity (Wildman–Crippen MR) is 59.3 cm³/mol. The molecule has 0 unspecified atom stereocenters. The van der Waals surface area contributed by atoms with Crippen LogP contribution >= 0.6 is 0 Å². The molecule has 1 heterocycles. The second kappa shape index (κ2) is 5.79. The minimum atomic E-state index is -2.89. The fourth-order valence-electron chi connectivity index (χ4n) is 1.78. The highest BCUT2D eigenvalue weighted by atomic mass is 19.3. The van der Waals surface area contributed by atoms with Crippen molar-refractivity contribution in [3.8, 4) is 0 Å². The number of likely N-dealkylation sites (tertiary alicyclic amines) is 1. The first-order valence-electron chi connectivity index (χ1n) is 5.76. The Morgan fingerprint density at radius 2 is 2.11 bits per heavy atom. The quantitative estimate of drug-likeness (QED) is 0.843. The zero-order chi connectivity index (χ0) is 13.9. The van der Waals surface area contributed by atoms with Crippen LogP contribution in [0.4, 0.5) is 13.6 Å². The molecule has 0 aliphatic carbocycles. The third-order valence-electron chi connectivity index (χ3n) is 2.43. The number of amides is 1. The molecule has 1 rings (SSSR count). The number of ether oxygens (including phenoxy) is 2. The predicted octanol–water partition coefficient (Wildman–Crippen LogP) is 1.60. The van der Waals surface area contributed by atoms with Crippen LogP contribution in [-0.4, -0.2) is 53.6 Å². The first-order valence-corrected chi connectivity index (χ1v) is 5.76. The molecular weight excluding hydrogens is 248 g/mol. The molecule has 106 valence electrons. The number of β-amino-alcohol motifs (C(OH)–C–C–N with tert-alkyl or cyclic N) is 1. The topological polar surface area (TPSA) is 59.0 Å². The molecule has 1 aliphatic heterocycles. The summed E-state index contributed by atoms with van der Waals surface area (Å²) >= 11 is 0. The maximum atomic E-state index is 12.0. The first-order chi connectivity index (χ1) is 8.19. The van der Waals surface area contributed by atoms with E-state index >= 15 is 0 Å². The van der Waals surface area contributed by atoms with Gasteiger partial charge in [-0.05, 0) is 27.2 Å². The Morgan fingerprint density at radius 1 is 1.50 bits per heavy atom. The van der Waals surface area contributed by atoms with Gasteiger partial charge < -0.3 is 19.5 Å². The third kappa shape index (κ3) is 4.73. The zero-order valence-electron chi connectivity index (χ0n) is 10.7. The summed E-state index contributed by atoms with van der Waals surface area (Å²) in [5, 5.41) is 9.49. The van der Waals surface area contributed by atoms with Gasteiger partial charge in [0.15, 0.2) is 0 Å². The van der Waals surface area contributed by atoms with Crippen molar-refractivity contribution in [2.45, 2.75) is 51.6 Å². The molecule has 5 nitrogen and oxygen atoms in total. The van der Waals surface area contributed by atoms with Gasteiger partial charge in [-0.3, -0.25) is 0 Å². The smallest absolute Gasteiger partial charge is 0.410 e. The molecule has 0 saturated carbocycles. The summed E-state index contributed by atoms with van der Waals surface area (Å²) in [6, 6.07) is -0.580. The van der Waals surface area contributed by atoms with Crippen LogP contribution in [0.5, 0.6) is 0 Å². The number of halogens is 2. The number of nitrogens with zero attached hydrogens (tertiary/aromatic N) is 1. The normalized spacial score (nSPS) is 24.7. The molecule has 1 fully saturated rings. The van der Waals surface area contributed by atoms with Crippen molar-refractivity contribution < 1.29 is 28.2 Å². The minimum Gasteiger partial charge on any atom is -0.444 e. The van der Waals surface area contributed by atoms with Crippen LogP contribution in [0.15, 0.2) is 0 Å². The van der Waals surface area contributed by atoms with Gasteiger partial charge in [0, 0.05) is 0 Å². The van der Waals surface area contributed by atoms with E-state index in [-0.39, 0.29) is 19.6 Å². The zero-order valence-corrected chi connectivity index (χ0v) is 10.7. The van der Waals surface area contributed by atoms with Crippen molar-refractivity contribution in [2.24, 2.45) is 0 Å². The van der Waals surface area contributed by atoms with Gasteiger partial charge in [0.05, 0.1) is 25.3 Å². The fourth-order valence-corrected chi connectivity index (χ4v) is 1.78. The molecule has 0 bridgehead atoms. The number of carbonyl (C=O) groups excluding carboxylic acids is 1. The van der Waals surface area contributed by atoms with Crippen LogP contribution in [0, 0.1) is 0 Å². The molecule has 1 N–H and O–H groups in total. The second-order valence-electron chi connectivity index (χ2n) is 5.27. The van der Waals surface area contributed by atoms with Gasteiger partial charge in [-0.2, -0.15) is 8.78 Å². The minimum absolute atomic E-state index is 0.0756. The van der Waals surface area contributed by atoms with Crippen molar-refractivity contribution in [1.29, 1.82) is 0 Å². The van der Waals surface area contributed by atoms with Gasteiger partial charge >= 0.3 is 12.7 Å². The lowest BCUT2D eigenvalue weighted by Gasteiger charge is -2.28. The summed E-state index contributed by atoms with van der Waals surface area (Å²) in [5.74, 6) is 0. The Morgan fingerprint density at radius 3 is 2.61 bits per heavy atom. The Kier molecular flexibility index (Phi) is 4.86. The number of aliphatic hydroxyl groups excluding tert-OH is 1. The Labute approximate surface area is 105 Å². The molecule has 1 amide bonds. The van der Waals surface area contributed by atoms with E-state index in [2.05, 4.69) is 4.74 Å². The summed E-state index contributed by atoms with van der Waals surface area (Å²) in [4.78, 5) is 13.0. The summed E-state index contributed by atoms with van der Waals surface area (Å²) in [5.41, 5.74) is -0.668. The van der Waals surface area contributed by atoms with E-state index in [1.807, 2.05) is 0 Å². The Bertz CT molecular complexity index is 293. The number of hydrogen-bond acceptors (Lipinski definition) is 4. The van der Waals surface area contributed by atoms with Crippen LogP contribution in [0.1, 0.15) is 27.2 Å². The van der Waals surface area contributed by atoms with E-state index in [4.69, 9.17) is 4.74 Å². The molecule has 7 heteroatoms. The van der Waals surface area contributed by atoms with Gasteiger partial charge in [0.2, 0.25) is 0 Å². The van der Waals surface area contributed by atoms with Gasteiger partial charge in [0.1, 0.15) is 5.60 Å². The summed E-state index contributed by atoms with van der Waals surface area (Å²) < 4.78 is 33.3. The lowest BCUT2D eigenvalue weighted by atomic mass is 10.2. The van der Waals surface area contributed by atoms with Crippen LogP contribution in [0.3, 0.4) is 0 Å². The Balaban J connectivity index is 2.58. The number of rotatable bonds is 3. The average molecular weight is 267 g/mol. The van der Waals surface area contributed by atoms with E-state index < -0.39 is 30.5 Å². The van der Waals surface area contributed by atoms with E-state index in [9.17, 15) is 18.7 Å². The van der Waals surface area contributed by atoms with Crippen molar-refractivity contribution in [3.05, 3.63) is 0 Å². The van der Waals surface area contributed by atoms with Crippen LogP contribution in [0.25, 0.3) is 0 Å². The van der Waals surface area contributed by atoms with Crippen LogP contribution in [-0.2, 0) is 9.47 Å². The first kappa shape index (κ1) is 15.1.